The fourth-order valence-electron chi connectivity index (χ4n) is 3.03. The molecule has 5 nitrogen and oxygen atoms in total. The average Bonchev–Trinajstić information content (AvgIpc) is 2.73. The molecule has 1 heterocycles. The van der Waals surface area contributed by atoms with E-state index in [-0.39, 0.29) is 11.1 Å². The molecule has 1 aliphatic carbocycles. The number of aromatic amines is 1. The van der Waals surface area contributed by atoms with Crippen LogP contribution in [0.1, 0.15) is 51.3 Å². The molecular weight excluding hydrogens is 228 g/mol. The molecule has 102 valence electrons. The fraction of sp³-hybridized carbons (Fsp3) is 0.846. The van der Waals surface area contributed by atoms with Gasteiger partial charge in [-0.3, -0.25) is 4.57 Å². The van der Waals surface area contributed by atoms with E-state index in [0.717, 1.165) is 38.1 Å². The summed E-state index contributed by atoms with van der Waals surface area (Å²) in [6, 6.07) is 0. The van der Waals surface area contributed by atoms with Gasteiger partial charge >= 0.3 is 5.69 Å². The summed E-state index contributed by atoms with van der Waals surface area (Å²) in [6.07, 6.45) is 7.92. The van der Waals surface area contributed by atoms with Gasteiger partial charge in [-0.2, -0.15) is 5.10 Å². The molecule has 3 N–H and O–H groups in total. The van der Waals surface area contributed by atoms with E-state index in [9.17, 15) is 4.79 Å². The molecule has 1 aromatic heterocycles. The summed E-state index contributed by atoms with van der Waals surface area (Å²) in [5.41, 5.74) is 6.07. The van der Waals surface area contributed by atoms with E-state index in [1.165, 1.54) is 19.3 Å². The molecule has 0 saturated heterocycles. The van der Waals surface area contributed by atoms with Crippen LogP contribution in [0.5, 0.6) is 0 Å². The number of hydrogen-bond acceptors (Lipinski definition) is 3. The summed E-state index contributed by atoms with van der Waals surface area (Å²) in [5.74, 6) is 0.884. The lowest BCUT2D eigenvalue weighted by Crippen LogP contribution is -2.36. The molecule has 0 unspecified atom stereocenters. The van der Waals surface area contributed by atoms with Crippen LogP contribution in [-0.4, -0.2) is 21.3 Å². The van der Waals surface area contributed by atoms with E-state index in [1.807, 2.05) is 0 Å². The first-order chi connectivity index (χ1) is 8.71. The Labute approximate surface area is 108 Å². The normalized spacial score (nSPS) is 19.0. The first-order valence-corrected chi connectivity index (χ1v) is 7.05. The van der Waals surface area contributed by atoms with Crippen LogP contribution in [0.25, 0.3) is 0 Å². The Hall–Kier alpha value is -1.10. The standard InChI is InChI=1S/C13H24N4O/c1-2-8-17-11(15-16-12(17)18)9-13(10-14)6-4-3-5-7-13/h2-10,14H2,1H3,(H,16,18). The third kappa shape index (κ3) is 2.66. The number of rotatable bonds is 5. The van der Waals surface area contributed by atoms with E-state index in [0.29, 0.717) is 6.54 Å². The van der Waals surface area contributed by atoms with Crippen LogP contribution >= 0.6 is 0 Å². The van der Waals surface area contributed by atoms with Crippen LogP contribution in [0.4, 0.5) is 0 Å². The smallest absolute Gasteiger partial charge is 0.330 e. The molecule has 0 aliphatic heterocycles. The zero-order valence-corrected chi connectivity index (χ0v) is 11.2. The van der Waals surface area contributed by atoms with Gasteiger partial charge in [0.15, 0.2) is 0 Å². The van der Waals surface area contributed by atoms with Crippen molar-refractivity contribution in [1.29, 1.82) is 0 Å². The Kier molecular flexibility index (Phi) is 4.22. The maximum absolute atomic E-state index is 11.7. The van der Waals surface area contributed by atoms with Gasteiger partial charge in [0.1, 0.15) is 5.82 Å². The molecule has 2 rings (SSSR count). The number of nitrogens with zero attached hydrogens (tertiary/aromatic N) is 2. The minimum atomic E-state index is -0.0881. The highest BCUT2D eigenvalue weighted by Crippen LogP contribution is 2.37. The lowest BCUT2D eigenvalue weighted by atomic mass is 9.71. The average molecular weight is 252 g/mol. The maximum atomic E-state index is 11.7. The lowest BCUT2D eigenvalue weighted by molar-refractivity contribution is 0.191. The van der Waals surface area contributed by atoms with Gasteiger partial charge in [0.05, 0.1) is 0 Å². The number of nitrogens with one attached hydrogen (secondary N) is 1. The van der Waals surface area contributed by atoms with Gasteiger partial charge in [-0.25, -0.2) is 9.89 Å². The summed E-state index contributed by atoms with van der Waals surface area (Å²) < 4.78 is 1.77. The molecule has 0 spiro atoms. The highest BCUT2D eigenvalue weighted by molar-refractivity contribution is 4.97. The van der Waals surface area contributed by atoms with Crippen molar-refractivity contribution in [2.45, 2.75) is 58.4 Å². The second-order valence-electron chi connectivity index (χ2n) is 5.54. The minimum absolute atomic E-state index is 0.0881. The van der Waals surface area contributed by atoms with Gasteiger partial charge in [0.25, 0.3) is 0 Å². The largest absolute Gasteiger partial charge is 0.343 e. The fourth-order valence-corrected chi connectivity index (χ4v) is 3.03. The summed E-state index contributed by atoms with van der Waals surface area (Å²) in [4.78, 5) is 11.7. The monoisotopic (exact) mass is 252 g/mol. The highest BCUT2D eigenvalue weighted by Gasteiger charge is 2.32. The van der Waals surface area contributed by atoms with Gasteiger partial charge in [-0.15, -0.1) is 0 Å². The molecule has 0 amide bonds. The van der Waals surface area contributed by atoms with E-state index in [2.05, 4.69) is 17.1 Å². The van der Waals surface area contributed by atoms with Gasteiger partial charge in [0, 0.05) is 13.0 Å². The molecule has 1 aromatic rings. The predicted octanol–water partition coefficient (Wildman–Crippen LogP) is 1.43. The van der Waals surface area contributed by atoms with Crippen molar-refractivity contribution >= 4 is 0 Å². The lowest BCUT2D eigenvalue weighted by Gasteiger charge is -2.35. The quantitative estimate of drug-likeness (QED) is 0.832. The molecule has 1 fully saturated rings. The van der Waals surface area contributed by atoms with Gasteiger partial charge in [-0.05, 0) is 31.2 Å². The van der Waals surface area contributed by atoms with E-state index in [1.54, 1.807) is 4.57 Å². The van der Waals surface area contributed by atoms with Crippen LogP contribution in [0, 0.1) is 5.41 Å². The Morgan fingerprint density at radius 1 is 1.39 bits per heavy atom. The first kappa shape index (κ1) is 13.3. The van der Waals surface area contributed by atoms with Crippen LogP contribution in [-0.2, 0) is 13.0 Å². The van der Waals surface area contributed by atoms with Crippen molar-refractivity contribution in [3.63, 3.8) is 0 Å². The van der Waals surface area contributed by atoms with Crippen LogP contribution < -0.4 is 11.4 Å². The minimum Gasteiger partial charge on any atom is -0.330 e. The second-order valence-corrected chi connectivity index (χ2v) is 5.54. The topological polar surface area (TPSA) is 76.7 Å². The molecule has 5 heteroatoms. The molecule has 0 bridgehead atoms. The molecule has 0 atom stereocenters. The van der Waals surface area contributed by atoms with E-state index < -0.39 is 0 Å². The van der Waals surface area contributed by atoms with Crippen LogP contribution in [0.2, 0.25) is 0 Å². The SMILES string of the molecule is CCCn1c(CC2(CN)CCCCC2)n[nH]c1=O. The van der Waals surface area contributed by atoms with E-state index in [4.69, 9.17) is 5.73 Å². The first-order valence-electron chi connectivity index (χ1n) is 7.05. The van der Waals surface area contributed by atoms with Crippen LogP contribution in [0.3, 0.4) is 0 Å². The summed E-state index contributed by atoms with van der Waals surface area (Å²) in [5, 5.41) is 6.76. The Bertz CT molecular complexity index is 428. The number of aromatic nitrogens is 3. The Morgan fingerprint density at radius 3 is 2.72 bits per heavy atom. The molecule has 18 heavy (non-hydrogen) atoms. The Morgan fingerprint density at radius 2 is 2.11 bits per heavy atom. The summed E-state index contributed by atoms with van der Waals surface area (Å²) in [6.45, 7) is 3.51. The second kappa shape index (κ2) is 5.69. The number of H-pyrrole nitrogens is 1. The third-order valence-corrected chi connectivity index (χ3v) is 4.16. The molecule has 1 aliphatic rings. The third-order valence-electron chi connectivity index (χ3n) is 4.16. The highest BCUT2D eigenvalue weighted by atomic mass is 16.1. The van der Waals surface area contributed by atoms with Gasteiger partial charge < -0.3 is 5.73 Å². The zero-order valence-electron chi connectivity index (χ0n) is 11.2. The van der Waals surface area contributed by atoms with Crippen molar-refractivity contribution in [3.05, 3.63) is 16.3 Å². The summed E-state index contributed by atoms with van der Waals surface area (Å²) >= 11 is 0. The number of hydrogen-bond donors (Lipinski definition) is 2. The predicted molar refractivity (Wildman–Crippen MR) is 71.4 cm³/mol. The van der Waals surface area contributed by atoms with Crippen molar-refractivity contribution in [2.24, 2.45) is 11.1 Å². The van der Waals surface area contributed by atoms with Crippen molar-refractivity contribution in [2.75, 3.05) is 6.54 Å². The van der Waals surface area contributed by atoms with E-state index >= 15 is 0 Å². The molecule has 0 radical (unpaired) electrons. The number of nitrogens with two attached hydrogens (primary N) is 1. The van der Waals surface area contributed by atoms with Crippen molar-refractivity contribution < 1.29 is 0 Å². The molecule has 0 aromatic carbocycles. The molecular formula is C13H24N4O. The maximum Gasteiger partial charge on any atom is 0.343 e. The van der Waals surface area contributed by atoms with Crippen molar-refractivity contribution in [1.82, 2.24) is 14.8 Å². The van der Waals surface area contributed by atoms with Gasteiger partial charge in [-0.1, -0.05) is 26.2 Å². The summed E-state index contributed by atoms with van der Waals surface area (Å²) in [7, 11) is 0. The Balaban J connectivity index is 2.18. The van der Waals surface area contributed by atoms with Gasteiger partial charge in [0.2, 0.25) is 0 Å². The van der Waals surface area contributed by atoms with Crippen LogP contribution in [0.15, 0.2) is 4.79 Å². The zero-order chi connectivity index (χ0) is 13.0. The van der Waals surface area contributed by atoms with Crippen molar-refractivity contribution in [3.8, 4) is 0 Å². The molecule has 1 saturated carbocycles.